The maximum atomic E-state index is 10.5. The molecule has 7 nitrogen and oxygen atoms in total. The maximum absolute atomic E-state index is 10.5. The van der Waals surface area contributed by atoms with Gasteiger partial charge in [-0.15, -0.1) is 0 Å². The van der Waals surface area contributed by atoms with Crippen LogP contribution in [0.4, 0.5) is 0 Å². The highest BCUT2D eigenvalue weighted by molar-refractivity contribution is 7.99. The van der Waals surface area contributed by atoms with Crippen LogP contribution in [0.25, 0.3) is 5.82 Å². The molecule has 0 amide bonds. The van der Waals surface area contributed by atoms with Gasteiger partial charge in [0.15, 0.2) is 16.7 Å². The molecule has 2 aromatic rings. The van der Waals surface area contributed by atoms with E-state index in [4.69, 9.17) is 9.84 Å². The molecule has 18 heavy (non-hydrogen) atoms. The lowest BCUT2D eigenvalue weighted by molar-refractivity contribution is -0.133. The molecule has 1 N–H and O–H groups in total. The lowest BCUT2D eigenvalue weighted by atomic mass is 10.6. The van der Waals surface area contributed by atoms with Crippen LogP contribution < -0.4 is 4.74 Å². The Bertz CT molecular complexity index is 558. The van der Waals surface area contributed by atoms with Crippen molar-refractivity contribution in [3.63, 3.8) is 0 Å². The number of hydrogen-bond acceptors (Lipinski definition) is 6. The molecule has 0 saturated carbocycles. The van der Waals surface area contributed by atoms with Crippen molar-refractivity contribution in [3.8, 4) is 11.6 Å². The fraction of sp³-hybridized carbons (Fsp3) is 0.200. The van der Waals surface area contributed by atoms with Crippen molar-refractivity contribution in [1.29, 1.82) is 0 Å². The van der Waals surface area contributed by atoms with E-state index >= 15 is 0 Å². The zero-order valence-electron chi connectivity index (χ0n) is 9.48. The van der Waals surface area contributed by atoms with Crippen LogP contribution >= 0.6 is 11.8 Å². The molecule has 2 rings (SSSR count). The van der Waals surface area contributed by atoms with E-state index in [0.29, 0.717) is 16.7 Å². The molecule has 8 heteroatoms. The third kappa shape index (κ3) is 2.98. The van der Waals surface area contributed by atoms with Crippen molar-refractivity contribution in [3.05, 3.63) is 24.7 Å². The highest BCUT2D eigenvalue weighted by Crippen LogP contribution is 2.15. The van der Waals surface area contributed by atoms with E-state index < -0.39 is 5.97 Å². The SMILES string of the molecule is COc1cnn(-c2ccnc(SCC(=O)O)n2)c1. The summed E-state index contributed by atoms with van der Waals surface area (Å²) < 4.78 is 6.55. The average Bonchev–Trinajstić information content (AvgIpc) is 2.85. The first-order valence-corrected chi connectivity index (χ1v) is 5.94. The molecule has 0 fully saturated rings. The Labute approximate surface area is 107 Å². The number of carboxylic acid groups (broad SMARTS) is 1. The Kier molecular flexibility index (Phi) is 3.78. The number of methoxy groups -OCH3 is 1. The lowest BCUT2D eigenvalue weighted by Crippen LogP contribution is -2.02. The summed E-state index contributed by atoms with van der Waals surface area (Å²) in [4.78, 5) is 18.6. The zero-order chi connectivity index (χ0) is 13.0. The fourth-order valence-corrected chi connectivity index (χ4v) is 1.74. The lowest BCUT2D eigenvalue weighted by Gasteiger charge is -2.01. The van der Waals surface area contributed by atoms with Gasteiger partial charge in [-0.2, -0.15) is 5.10 Å². The Balaban J connectivity index is 2.18. The molecule has 0 atom stereocenters. The molecule has 2 aromatic heterocycles. The van der Waals surface area contributed by atoms with Gasteiger partial charge in [0, 0.05) is 12.3 Å². The van der Waals surface area contributed by atoms with Crippen molar-refractivity contribution in [2.24, 2.45) is 0 Å². The second-order valence-corrected chi connectivity index (χ2v) is 4.15. The molecule has 0 radical (unpaired) electrons. The summed E-state index contributed by atoms with van der Waals surface area (Å²) in [6, 6.07) is 1.68. The van der Waals surface area contributed by atoms with Gasteiger partial charge < -0.3 is 9.84 Å². The molecule has 0 aliphatic heterocycles. The Morgan fingerprint density at radius 2 is 2.44 bits per heavy atom. The van der Waals surface area contributed by atoms with Crippen LogP contribution in [-0.2, 0) is 4.79 Å². The van der Waals surface area contributed by atoms with Gasteiger partial charge in [0.1, 0.15) is 0 Å². The van der Waals surface area contributed by atoms with Crippen LogP contribution in [0.2, 0.25) is 0 Å². The number of rotatable bonds is 5. The van der Waals surface area contributed by atoms with Crippen LogP contribution in [-0.4, -0.2) is 43.7 Å². The molecular formula is C10H10N4O3S. The van der Waals surface area contributed by atoms with Crippen molar-refractivity contribution < 1.29 is 14.6 Å². The molecule has 0 bridgehead atoms. The van der Waals surface area contributed by atoms with Crippen LogP contribution in [0.5, 0.6) is 5.75 Å². The van der Waals surface area contributed by atoms with Gasteiger partial charge in [-0.1, -0.05) is 11.8 Å². The monoisotopic (exact) mass is 266 g/mol. The molecule has 2 heterocycles. The van der Waals surface area contributed by atoms with Gasteiger partial charge >= 0.3 is 5.97 Å². The summed E-state index contributed by atoms with van der Waals surface area (Å²) in [5.41, 5.74) is 0. The van der Waals surface area contributed by atoms with Gasteiger partial charge in [-0.05, 0) is 0 Å². The maximum Gasteiger partial charge on any atom is 0.313 e. The number of hydrogen-bond donors (Lipinski definition) is 1. The van der Waals surface area contributed by atoms with Gasteiger partial charge in [-0.3, -0.25) is 4.79 Å². The van der Waals surface area contributed by atoms with Crippen LogP contribution in [0.15, 0.2) is 29.8 Å². The van der Waals surface area contributed by atoms with E-state index in [1.165, 1.54) is 4.68 Å². The summed E-state index contributed by atoms with van der Waals surface area (Å²) >= 11 is 1.06. The van der Waals surface area contributed by atoms with Crippen molar-refractivity contribution in [2.75, 3.05) is 12.9 Å². The molecule has 94 valence electrons. The first-order valence-electron chi connectivity index (χ1n) is 4.95. The minimum atomic E-state index is -0.908. The number of aliphatic carboxylic acids is 1. The number of aromatic nitrogens is 4. The van der Waals surface area contributed by atoms with Gasteiger partial charge in [-0.25, -0.2) is 14.6 Å². The summed E-state index contributed by atoms with van der Waals surface area (Å²) in [7, 11) is 1.55. The predicted molar refractivity (Wildman–Crippen MR) is 64.1 cm³/mol. The number of ether oxygens (including phenoxy) is 1. The highest BCUT2D eigenvalue weighted by Gasteiger charge is 2.06. The molecule has 0 saturated heterocycles. The second-order valence-electron chi connectivity index (χ2n) is 3.20. The Hall–Kier alpha value is -2.09. The second kappa shape index (κ2) is 5.50. The normalized spacial score (nSPS) is 10.3. The van der Waals surface area contributed by atoms with Gasteiger partial charge in [0.25, 0.3) is 0 Å². The van der Waals surface area contributed by atoms with E-state index in [1.807, 2.05) is 0 Å². The van der Waals surface area contributed by atoms with Crippen LogP contribution in [0.1, 0.15) is 0 Å². The van der Waals surface area contributed by atoms with E-state index in [9.17, 15) is 4.79 Å². The number of thioether (sulfide) groups is 1. The number of carboxylic acids is 1. The Morgan fingerprint density at radius 1 is 1.61 bits per heavy atom. The van der Waals surface area contributed by atoms with E-state index in [0.717, 1.165) is 11.8 Å². The van der Waals surface area contributed by atoms with Crippen LogP contribution in [0.3, 0.4) is 0 Å². The molecule has 0 spiro atoms. The van der Waals surface area contributed by atoms with Crippen molar-refractivity contribution in [1.82, 2.24) is 19.7 Å². The molecule has 0 aliphatic rings. The first kappa shape index (κ1) is 12.4. The molecule has 0 aromatic carbocycles. The summed E-state index contributed by atoms with van der Waals surface area (Å²) in [6.07, 6.45) is 4.79. The standard InChI is InChI=1S/C10H10N4O3S/c1-17-7-4-12-14(5-7)8-2-3-11-10(13-8)18-6-9(15)16/h2-5H,6H2,1H3,(H,15,16). The largest absolute Gasteiger partial charge is 0.493 e. The van der Waals surface area contributed by atoms with Gasteiger partial charge in [0.2, 0.25) is 0 Å². The van der Waals surface area contributed by atoms with Crippen LogP contribution in [0, 0.1) is 0 Å². The minimum absolute atomic E-state index is 0.0775. The summed E-state index contributed by atoms with van der Waals surface area (Å²) in [5, 5.41) is 13.0. The van der Waals surface area contributed by atoms with Gasteiger partial charge in [0.05, 0.1) is 25.3 Å². The topological polar surface area (TPSA) is 90.1 Å². The summed E-state index contributed by atoms with van der Waals surface area (Å²) in [6.45, 7) is 0. The molecule has 0 aliphatic carbocycles. The van der Waals surface area contributed by atoms with E-state index in [1.54, 1.807) is 31.8 Å². The van der Waals surface area contributed by atoms with E-state index in [-0.39, 0.29) is 5.75 Å². The van der Waals surface area contributed by atoms with Crippen molar-refractivity contribution in [2.45, 2.75) is 5.16 Å². The average molecular weight is 266 g/mol. The summed E-state index contributed by atoms with van der Waals surface area (Å²) in [5.74, 6) is 0.190. The molecule has 0 unspecified atom stereocenters. The minimum Gasteiger partial charge on any atom is -0.493 e. The first-order chi connectivity index (χ1) is 8.69. The zero-order valence-corrected chi connectivity index (χ0v) is 10.3. The highest BCUT2D eigenvalue weighted by atomic mass is 32.2. The fourth-order valence-electron chi connectivity index (χ4n) is 1.19. The quantitative estimate of drug-likeness (QED) is 0.633. The van der Waals surface area contributed by atoms with E-state index in [2.05, 4.69) is 15.1 Å². The third-order valence-corrected chi connectivity index (χ3v) is 2.82. The smallest absolute Gasteiger partial charge is 0.313 e. The number of nitrogens with zero attached hydrogens (tertiary/aromatic N) is 4. The molecular weight excluding hydrogens is 256 g/mol. The third-order valence-electron chi connectivity index (χ3n) is 1.97. The van der Waals surface area contributed by atoms with Crippen molar-refractivity contribution >= 4 is 17.7 Å². The number of carbonyl (C=O) groups is 1. The predicted octanol–water partition coefficient (Wildman–Crippen LogP) is 0.848. The Morgan fingerprint density at radius 3 is 3.11 bits per heavy atom.